The molecule has 0 bridgehead atoms. The van der Waals surface area contributed by atoms with Gasteiger partial charge in [-0.25, -0.2) is 4.68 Å². The second-order valence-electron chi connectivity index (χ2n) is 7.17. The zero-order valence-electron chi connectivity index (χ0n) is 14.5. The summed E-state index contributed by atoms with van der Waals surface area (Å²) < 4.78 is 1.67. The molecule has 6 nitrogen and oxygen atoms in total. The summed E-state index contributed by atoms with van der Waals surface area (Å²) in [7, 11) is 0. The number of aliphatic carboxylic acids is 1. The number of carboxylic acids is 1. The molecule has 0 radical (unpaired) electrons. The van der Waals surface area contributed by atoms with Crippen molar-refractivity contribution in [3.8, 4) is 5.69 Å². The summed E-state index contributed by atoms with van der Waals surface area (Å²) >= 11 is 0. The lowest BCUT2D eigenvalue weighted by Gasteiger charge is -2.18. The predicted molar refractivity (Wildman–Crippen MR) is 93.9 cm³/mol. The molecule has 0 atom stereocenters. The molecule has 1 amide bonds. The van der Waals surface area contributed by atoms with Crippen molar-refractivity contribution < 1.29 is 14.7 Å². The number of amides is 1. The number of rotatable bonds is 7. The fraction of sp³-hybridized carbons (Fsp3) is 0.421. The van der Waals surface area contributed by atoms with Gasteiger partial charge in [0.1, 0.15) is 5.69 Å². The standard InChI is InChI=1S/C19H23N3O3/c1-19(2,18(24)25)10-11-20-17(23)16-12-15(13-8-9-13)21-22(16)14-6-4-3-5-7-14/h3-7,12-13H,8-11H2,1-2H3,(H,20,23)(H,24,25). The summed E-state index contributed by atoms with van der Waals surface area (Å²) in [6.07, 6.45) is 2.59. The molecule has 0 saturated heterocycles. The third-order valence-corrected chi connectivity index (χ3v) is 4.57. The molecule has 0 unspecified atom stereocenters. The predicted octanol–water partition coefficient (Wildman–Crippen LogP) is 2.98. The van der Waals surface area contributed by atoms with E-state index in [2.05, 4.69) is 10.4 Å². The molecular formula is C19H23N3O3. The van der Waals surface area contributed by atoms with Crippen LogP contribution in [0.1, 0.15) is 55.2 Å². The highest BCUT2D eigenvalue weighted by Crippen LogP contribution is 2.39. The van der Waals surface area contributed by atoms with Crippen LogP contribution in [0.2, 0.25) is 0 Å². The lowest BCUT2D eigenvalue weighted by Crippen LogP contribution is -2.32. The van der Waals surface area contributed by atoms with Crippen molar-refractivity contribution >= 4 is 11.9 Å². The van der Waals surface area contributed by atoms with Gasteiger partial charge in [-0.3, -0.25) is 9.59 Å². The number of para-hydroxylation sites is 1. The summed E-state index contributed by atoms with van der Waals surface area (Å²) in [4.78, 5) is 23.8. The molecule has 1 fully saturated rings. The first kappa shape index (κ1) is 17.2. The Hall–Kier alpha value is -2.63. The molecule has 1 heterocycles. The van der Waals surface area contributed by atoms with Crippen LogP contribution in [0.15, 0.2) is 36.4 Å². The Labute approximate surface area is 146 Å². The van der Waals surface area contributed by atoms with Crippen LogP contribution in [-0.2, 0) is 4.79 Å². The minimum Gasteiger partial charge on any atom is -0.481 e. The molecule has 0 spiro atoms. The number of carboxylic acid groups (broad SMARTS) is 1. The first-order valence-electron chi connectivity index (χ1n) is 8.55. The summed E-state index contributed by atoms with van der Waals surface area (Å²) in [6, 6.07) is 11.4. The lowest BCUT2D eigenvalue weighted by molar-refractivity contribution is -0.147. The number of carbonyl (C=O) groups excluding carboxylic acids is 1. The number of carbonyl (C=O) groups is 2. The lowest BCUT2D eigenvalue weighted by atomic mass is 9.90. The maximum absolute atomic E-state index is 12.6. The molecular weight excluding hydrogens is 318 g/mol. The van der Waals surface area contributed by atoms with E-state index in [0.717, 1.165) is 24.2 Å². The minimum atomic E-state index is -0.869. The van der Waals surface area contributed by atoms with Crippen LogP contribution in [0.5, 0.6) is 0 Å². The third-order valence-electron chi connectivity index (χ3n) is 4.57. The van der Waals surface area contributed by atoms with E-state index in [1.54, 1.807) is 18.5 Å². The number of benzene rings is 1. The number of aromatic nitrogens is 2. The summed E-state index contributed by atoms with van der Waals surface area (Å²) in [6.45, 7) is 3.61. The van der Waals surface area contributed by atoms with E-state index >= 15 is 0 Å². The van der Waals surface area contributed by atoms with Crippen molar-refractivity contribution in [2.24, 2.45) is 5.41 Å². The van der Waals surface area contributed by atoms with Crippen molar-refractivity contribution in [1.29, 1.82) is 0 Å². The van der Waals surface area contributed by atoms with Gasteiger partial charge in [0.15, 0.2) is 0 Å². The fourth-order valence-electron chi connectivity index (χ4n) is 2.59. The molecule has 1 aliphatic rings. The van der Waals surface area contributed by atoms with Gasteiger partial charge >= 0.3 is 5.97 Å². The first-order valence-corrected chi connectivity index (χ1v) is 8.55. The Kier molecular flexibility index (Phi) is 4.61. The first-order chi connectivity index (χ1) is 11.9. The van der Waals surface area contributed by atoms with Gasteiger partial charge in [-0.2, -0.15) is 5.10 Å². The second-order valence-corrected chi connectivity index (χ2v) is 7.17. The number of nitrogens with zero attached hydrogens (tertiary/aromatic N) is 2. The Morgan fingerprint density at radius 3 is 2.56 bits per heavy atom. The normalized spacial score (nSPS) is 14.3. The quantitative estimate of drug-likeness (QED) is 0.811. The highest BCUT2D eigenvalue weighted by Gasteiger charge is 2.30. The molecule has 1 aliphatic carbocycles. The average molecular weight is 341 g/mol. The van der Waals surface area contributed by atoms with E-state index in [1.165, 1.54) is 0 Å². The van der Waals surface area contributed by atoms with Crippen LogP contribution in [0.4, 0.5) is 0 Å². The molecule has 2 N–H and O–H groups in total. The Bertz CT molecular complexity index is 776. The van der Waals surface area contributed by atoms with E-state index in [1.807, 2.05) is 36.4 Å². The van der Waals surface area contributed by atoms with Gasteiger partial charge in [0.05, 0.1) is 16.8 Å². The topological polar surface area (TPSA) is 84.2 Å². The van der Waals surface area contributed by atoms with E-state index in [9.17, 15) is 9.59 Å². The van der Waals surface area contributed by atoms with Crippen LogP contribution in [0, 0.1) is 5.41 Å². The van der Waals surface area contributed by atoms with Crippen molar-refractivity contribution in [2.75, 3.05) is 6.54 Å². The number of hydrogen-bond acceptors (Lipinski definition) is 3. The van der Waals surface area contributed by atoms with Crippen molar-refractivity contribution in [2.45, 2.75) is 39.0 Å². The highest BCUT2D eigenvalue weighted by atomic mass is 16.4. The van der Waals surface area contributed by atoms with Crippen molar-refractivity contribution in [3.05, 3.63) is 47.8 Å². The van der Waals surface area contributed by atoms with E-state index in [0.29, 0.717) is 24.6 Å². The van der Waals surface area contributed by atoms with Crippen LogP contribution in [0.25, 0.3) is 5.69 Å². The summed E-state index contributed by atoms with van der Waals surface area (Å²) in [5.41, 5.74) is 1.40. The zero-order valence-corrected chi connectivity index (χ0v) is 14.5. The van der Waals surface area contributed by atoms with Gasteiger partial charge in [0, 0.05) is 12.5 Å². The van der Waals surface area contributed by atoms with Gasteiger partial charge in [0.2, 0.25) is 0 Å². The molecule has 132 valence electrons. The minimum absolute atomic E-state index is 0.232. The maximum Gasteiger partial charge on any atom is 0.309 e. The van der Waals surface area contributed by atoms with Crippen LogP contribution in [0.3, 0.4) is 0 Å². The van der Waals surface area contributed by atoms with E-state index in [4.69, 9.17) is 5.11 Å². The molecule has 0 aliphatic heterocycles. The van der Waals surface area contributed by atoms with E-state index in [-0.39, 0.29) is 5.91 Å². The second kappa shape index (κ2) is 6.70. The molecule has 2 aromatic rings. The average Bonchev–Trinajstić information content (AvgIpc) is 3.34. The van der Waals surface area contributed by atoms with Crippen LogP contribution < -0.4 is 5.32 Å². The maximum atomic E-state index is 12.6. The van der Waals surface area contributed by atoms with Gasteiger partial charge in [-0.1, -0.05) is 18.2 Å². The van der Waals surface area contributed by atoms with Crippen LogP contribution >= 0.6 is 0 Å². The SMILES string of the molecule is CC(C)(CCNC(=O)c1cc(C2CC2)nn1-c1ccccc1)C(=O)O. The number of hydrogen-bond donors (Lipinski definition) is 2. The Balaban J connectivity index is 1.76. The summed E-state index contributed by atoms with van der Waals surface area (Å²) in [5, 5.41) is 16.6. The smallest absolute Gasteiger partial charge is 0.309 e. The largest absolute Gasteiger partial charge is 0.481 e. The van der Waals surface area contributed by atoms with E-state index < -0.39 is 11.4 Å². The zero-order chi connectivity index (χ0) is 18.0. The number of nitrogens with one attached hydrogen (secondary N) is 1. The van der Waals surface area contributed by atoms with Crippen molar-refractivity contribution in [3.63, 3.8) is 0 Å². The van der Waals surface area contributed by atoms with Gasteiger partial charge in [-0.15, -0.1) is 0 Å². The van der Waals surface area contributed by atoms with Crippen molar-refractivity contribution in [1.82, 2.24) is 15.1 Å². The monoisotopic (exact) mass is 341 g/mol. The Morgan fingerprint density at radius 1 is 1.28 bits per heavy atom. The third kappa shape index (κ3) is 3.90. The summed E-state index contributed by atoms with van der Waals surface area (Å²) in [5.74, 6) is -0.654. The molecule has 3 rings (SSSR count). The highest BCUT2D eigenvalue weighted by molar-refractivity contribution is 5.93. The fourth-order valence-corrected chi connectivity index (χ4v) is 2.59. The molecule has 1 aromatic carbocycles. The van der Waals surface area contributed by atoms with Gasteiger partial charge in [0.25, 0.3) is 5.91 Å². The van der Waals surface area contributed by atoms with Gasteiger partial charge in [-0.05, 0) is 51.3 Å². The van der Waals surface area contributed by atoms with Gasteiger partial charge < -0.3 is 10.4 Å². The Morgan fingerprint density at radius 2 is 1.96 bits per heavy atom. The molecule has 1 aromatic heterocycles. The molecule has 1 saturated carbocycles. The van der Waals surface area contributed by atoms with Crippen LogP contribution in [-0.4, -0.2) is 33.3 Å². The molecule has 25 heavy (non-hydrogen) atoms. The molecule has 6 heteroatoms.